The summed E-state index contributed by atoms with van der Waals surface area (Å²) in [6.45, 7) is 4.78. The van der Waals surface area contributed by atoms with E-state index in [2.05, 4.69) is 46.6 Å². The Morgan fingerprint density at radius 2 is 1.78 bits per heavy atom. The molecular weight excluding hydrogens is 451 g/mol. The minimum atomic E-state index is -0.685. The van der Waals surface area contributed by atoms with Crippen molar-refractivity contribution >= 4 is 22.1 Å². The van der Waals surface area contributed by atoms with Crippen LogP contribution < -0.4 is 10.2 Å². The Morgan fingerprint density at radius 1 is 0.972 bits per heavy atom. The van der Waals surface area contributed by atoms with E-state index in [0.717, 1.165) is 61.5 Å². The van der Waals surface area contributed by atoms with Crippen LogP contribution in [0, 0.1) is 17.1 Å². The van der Waals surface area contributed by atoms with Crippen molar-refractivity contribution in [2.45, 2.75) is 19.2 Å². The Hall–Kier alpha value is -3.92. The summed E-state index contributed by atoms with van der Waals surface area (Å²) in [7, 11) is 0. The molecule has 2 heterocycles. The Balaban J connectivity index is 1.11. The molecule has 6 rings (SSSR count). The van der Waals surface area contributed by atoms with Crippen LogP contribution in [0.15, 0.2) is 72.8 Å². The van der Waals surface area contributed by atoms with Gasteiger partial charge < -0.3 is 15.3 Å². The van der Waals surface area contributed by atoms with Crippen molar-refractivity contribution in [2.75, 3.05) is 36.4 Å². The highest BCUT2D eigenvalue weighted by Gasteiger charge is 2.22. The van der Waals surface area contributed by atoms with Crippen LogP contribution in [-0.4, -0.2) is 36.2 Å². The average Bonchev–Trinajstić information content (AvgIpc) is 3.34. The fourth-order valence-corrected chi connectivity index (χ4v) is 5.45. The van der Waals surface area contributed by atoms with Crippen LogP contribution in [-0.2, 0) is 13.1 Å². The Bertz CT molecular complexity index is 1460. The Kier molecular flexibility index (Phi) is 5.80. The van der Waals surface area contributed by atoms with Gasteiger partial charge in [-0.05, 0) is 51.9 Å². The third-order valence-electron chi connectivity index (χ3n) is 7.42. The first kappa shape index (κ1) is 22.5. The summed E-state index contributed by atoms with van der Waals surface area (Å²) in [6, 6.07) is 25.2. The number of anilines is 2. The van der Waals surface area contributed by atoms with Gasteiger partial charge in [-0.2, -0.15) is 5.26 Å². The molecule has 0 saturated carbocycles. The van der Waals surface area contributed by atoms with Crippen LogP contribution in [0.1, 0.15) is 33.9 Å². The predicted molar refractivity (Wildman–Crippen MR) is 140 cm³/mol. The van der Waals surface area contributed by atoms with Gasteiger partial charge in [-0.25, -0.2) is 4.39 Å². The van der Waals surface area contributed by atoms with Gasteiger partial charge in [0, 0.05) is 50.3 Å². The van der Waals surface area contributed by atoms with Gasteiger partial charge in [0.25, 0.3) is 0 Å². The maximum absolute atomic E-state index is 14.4. The summed E-state index contributed by atoms with van der Waals surface area (Å²) in [5.41, 5.74) is 6.31. The molecular formula is C30H27FN4O. The SMILES string of the molecule is N#Cc1ccc(N2CCN(Cc3ccc(C(O)c4ccc5c6c(cccc46)CN5)cc3)CC2)c(F)c1. The van der Waals surface area contributed by atoms with Crippen LogP contribution in [0.4, 0.5) is 15.8 Å². The van der Waals surface area contributed by atoms with Crippen molar-refractivity contribution in [1.29, 1.82) is 5.26 Å². The number of benzene rings is 4. The van der Waals surface area contributed by atoms with Crippen LogP contribution in [0.5, 0.6) is 0 Å². The summed E-state index contributed by atoms with van der Waals surface area (Å²) in [5.74, 6) is -0.340. The van der Waals surface area contributed by atoms with Crippen molar-refractivity contribution in [3.63, 3.8) is 0 Å². The van der Waals surface area contributed by atoms with Gasteiger partial charge >= 0.3 is 0 Å². The summed E-state index contributed by atoms with van der Waals surface area (Å²) in [6.07, 6.45) is -0.685. The number of rotatable bonds is 5. The molecule has 1 saturated heterocycles. The highest BCUT2D eigenvalue weighted by molar-refractivity contribution is 6.01. The number of nitrogens with one attached hydrogen (secondary N) is 1. The van der Waals surface area contributed by atoms with Crippen molar-refractivity contribution in [1.82, 2.24) is 4.90 Å². The summed E-state index contributed by atoms with van der Waals surface area (Å²) < 4.78 is 14.4. The maximum Gasteiger partial charge on any atom is 0.147 e. The van der Waals surface area contributed by atoms with E-state index in [9.17, 15) is 9.50 Å². The van der Waals surface area contributed by atoms with Gasteiger partial charge in [-0.3, -0.25) is 4.90 Å². The molecule has 1 atom stereocenters. The first-order valence-corrected chi connectivity index (χ1v) is 12.3. The van der Waals surface area contributed by atoms with Gasteiger partial charge in [-0.15, -0.1) is 0 Å². The van der Waals surface area contributed by atoms with E-state index in [-0.39, 0.29) is 5.82 Å². The normalized spacial score (nSPS) is 16.1. The van der Waals surface area contributed by atoms with Gasteiger partial charge in [0.15, 0.2) is 0 Å². The van der Waals surface area contributed by atoms with Crippen LogP contribution in [0.25, 0.3) is 10.8 Å². The largest absolute Gasteiger partial charge is 0.384 e. The molecule has 4 aromatic rings. The minimum Gasteiger partial charge on any atom is -0.384 e. The first-order valence-electron chi connectivity index (χ1n) is 12.3. The lowest BCUT2D eigenvalue weighted by atomic mass is 9.93. The molecule has 0 bridgehead atoms. The lowest BCUT2D eigenvalue weighted by molar-refractivity contribution is 0.221. The second-order valence-electron chi connectivity index (χ2n) is 9.58. The van der Waals surface area contributed by atoms with Gasteiger partial charge in [-0.1, -0.05) is 48.5 Å². The molecule has 6 heteroatoms. The average molecular weight is 479 g/mol. The van der Waals surface area contributed by atoms with Crippen molar-refractivity contribution in [2.24, 2.45) is 0 Å². The smallest absolute Gasteiger partial charge is 0.147 e. The first-order chi connectivity index (χ1) is 17.6. The molecule has 0 amide bonds. The van der Waals surface area contributed by atoms with E-state index in [1.807, 2.05) is 29.2 Å². The quantitative estimate of drug-likeness (QED) is 0.414. The second kappa shape index (κ2) is 9.27. The van der Waals surface area contributed by atoms with Crippen molar-refractivity contribution in [3.05, 3.63) is 106 Å². The molecule has 0 aromatic heterocycles. The predicted octanol–water partition coefficient (Wildman–Crippen LogP) is 5.18. The summed E-state index contributed by atoms with van der Waals surface area (Å²) in [4.78, 5) is 4.40. The Morgan fingerprint density at radius 3 is 2.53 bits per heavy atom. The van der Waals surface area contributed by atoms with Crippen LogP contribution in [0.2, 0.25) is 0 Å². The lowest BCUT2D eigenvalue weighted by Crippen LogP contribution is -2.46. The van der Waals surface area contributed by atoms with E-state index in [0.29, 0.717) is 11.3 Å². The molecule has 2 N–H and O–H groups in total. The zero-order chi connectivity index (χ0) is 24.6. The summed E-state index contributed by atoms with van der Waals surface area (Å²) >= 11 is 0. The molecule has 180 valence electrons. The molecule has 0 spiro atoms. The standard InChI is InChI=1S/C30H27FN4O/c31-26-16-21(17-32)6-11-28(26)35-14-12-34(13-15-35)19-20-4-7-22(8-5-20)30(36)25-9-10-27-29-23(18-33-27)2-1-3-24(25)29/h1-11,16,30,33,36H,12-15,18-19H2. The number of aliphatic hydroxyl groups is 1. The topological polar surface area (TPSA) is 62.5 Å². The zero-order valence-corrected chi connectivity index (χ0v) is 19.9. The number of piperazine rings is 1. The highest BCUT2D eigenvalue weighted by Crippen LogP contribution is 2.38. The van der Waals surface area contributed by atoms with Gasteiger partial charge in [0.1, 0.15) is 11.9 Å². The molecule has 0 aliphatic carbocycles. The van der Waals surface area contributed by atoms with Gasteiger partial charge in [0.05, 0.1) is 17.3 Å². The number of nitrogens with zero attached hydrogens (tertiary/aromatic N) is 3. The minimum absolute atomic E-state index is 0.340. The van der Waals surface area contributed by atoms with E-state index in [4.69, 9.17) is 5.26 Å². The van der Waals surface area contributed by atoms with E-state index < -0.39 is 6.10 Å². The molecule has 4 aromatic carbocycles. The Labute approximate surface area is 210 Å². The number of hydrogen-bond acceptors (Lipinski definition) is 5. The number of nitriles is 1. The number of halogens is 1. The molecule has 1 unspecified atom stereocenters. The van der Waals surface area contributed by atoms with E-state index in [1.165, 1.54) is 22.6 Å². The molecule has 2 aliphatic heterocycles. The molecule has 1 fully saturated rings. The van der Waals surface area contributed by atoms with E-state index >= 15 is 0 Å². The zero-order valence-electron chi connectivity index (χ0n) is 19.9. The molecule has 5 nitrogen and oxygen atoms in total. The van der Waals surface area contributed by atoms with Crippen LogP contribution in [0.3, 0.4) is 0 Å². The van der Waals surface area contributed by atoms with Crippen molar-refractivity contribution in [3.8, 4) is 6.07 Å². The van der Waals surface area contributed by atoms with Gasteiger partial charge in [0.2, 0.25) is 0 Å². The lowest BCUT2D eigenvalue weighted by Gasteiger charge is -2.36. The number of hydrogen-bond donors (Lipinski definition) is 2. The highest BCUT2D eigenvalue weighted by atomic mass is 19.1. The maximum atomic E-state index is 14.4. The molecule has 0 radical (unpaired) electrons. The third-order valence-corrected chi connectivity index (χ3v) is 7.42. The number of aliphatic hydroxyl groups excluding tert-OH is 1. The second-order valence-corrected chi connectivity index (χ2v) is 9.58. The monoisotopic (exact) mass is 478 g/mol. The molecule has 36 heavy (non-hydrogen) atoms. The fraction of sp³-hybridized carbons (Fsp3) is 0.233. The molecule has 2 aliphatic rings. The fourth-order valence-electron chi connectivity index (χ4n) is 5.45. The van der Waals surface area contributed by atoms with Crippen molar-refractivity contribution < 1.29 is 9.50 Å². The summed E-state index contributed by atoms with van der Waals surface area (Å²) in [5, 5.41) is 25.9. The van der Waals surface area contributed by atoms with Crippen LogP contribution >= 0.6 is 0 Å². The third kappa shape index (κ3) is 4.07. The van der Waals surface area contributed by atoms with E-state index in [1.54, 1.807) is 12.1 Å².